The molecule has 0 saturated heterocycles. The van der Waals surface area contributed by atoms with Crippen LogP contribution in [-0.2, 0) is 7.05 Å². The van der Waals surface area contributed by atoms with Crippen molar-refractivity contribution in [2.24, 2.45) is 7.05 Å². The van der Waals surface area contributed by atoms with Crippen LogP contribution in [0.1, 0.15) is 60.2 Å². The molecule has 1 aliphatic rings. The van der Waals surface area contributed by atoms with Crippen molar-refractivity contribution in [3.05, 3.63) is 89.6 Å². The fourth-order valence-electron chi connectivity index (χ4n) is 5.45. The highest BCUT2D eigenvalue weighted by atomic mass is 16.3. The van der Waals surface area contributed by atoms with Gasteiger partial charge in [0.15, 0.2) is 6.20 Å². The predicted octanol–water partition coefficient (Wildman–Crippen LogP) is 8.41. The molecule has 0 atom stereocenters. The predicted molar refractivity (Wildman–Crippen MR) is 141 cm³/mol. The maximum atomic E-state index is 9.03. The van der Waals surface area contributed by atoms with Crippen LogP contribution in [0.5, 0.6) is 0 Å². The molecule has 0 bridgehead atoms. The van der Waals surface area contributed by atoms with Crippen molar-refractivity contribution in [1.29, 1.82) is 0 Å². The first-order valence-corrected chi connectivity index (χ1v) is 12.2. The second kappa shape index (κ2) is 8.43. The normalized spacial score (nSPS) is 17.8. The number of rotatable bonds is 3. The van der Waals surface area contributed by atoms with Crippen LogP contribution in [-0.4, -0.2) is 0 Å². The molecule has 5 aromatic rings. The molecule has 6 rings (SSSR count). The van der Waals surface area contributed by atoms with Crippen molar-refractivity contribution in [2.75, 3.05) is 0 Å². The lowest BCUT2D eigenvalue weighted by Gasteiger charge is -2.21. The lowest BCUT2D eigenvalue weighted by atomic mass is 9.84. The minimum atomic E-state index is -2.27. The summed E-state index contributed by atoms with van der Waals surface area (Å²) < 4.78 is 42.0. The first-order valence-electron chi connectivity index (χ1n) is 14.2. The van der Waals surface area contributed by atoms with Gasteiger partial charge in [0.1, 0.15) is 18.2 Å². The highest BCUT2D eigenvalue weighted by molar-refractivity contribution is 6.06. The van der Waals surface area contributed by atoms with Gasteiger partial charge in [-0.05, 0) is 79.0 Å². The zero-order chi connectivity index (χ0) is 26.7. The Morgan fingerprint density at radius 2 is 1.62 bits per heavy atom. The third-order valence-corrected chi connectivity index (χ3v) is 7.34. The molecular weight excluding hydrogens is 414 g/mol. The van der Waals surface area contributed by atoms with E-state index in [9.17, 15) is 0 Å². The lowest BCUT2D eigenvalue weighted by Crippen LogP contribution is -2.31. The molecule has 0 spiro atoms. The highest BCUT2D eigenvalue weighted by Gasteiger charge is 2.19. The summed E-state index contributed by atoms with van der Waals surface area (Å²) in [6.45, 7) is -0.201. The number of furan rings is 1. The molecule has 170 valence electrons. The van der Waals surface area contributed by atoms with E-state index in [1.807, 2.05) is 54.1 Å². The Morgan fingerprint density at radius 3 is 2.41 bits per heavy atom. The van der Waals surface area contributed by atoms with E-state index < -0.39 is 12.7 Å². The summed E-state index contributed by atoms with van der Waals surface area (Å²) in [5.74, 6) is -0.545. The summed E-state index contributed by atoms with van der Waals surface area (Å²) in [5, 5.41) is 2.01. The fraction of sp³-hybridized carbons (Fsp3) is 0.281. The molecule has 0 N–H and O–H groups in total. The van der Waals surface area contributed by atoms with Crippen LogP contribution in [0.2, 0.25) is 0 Å². The number of nitrogens with zero attached hydrogens (tertiary/aromatic N) is 1. The molecule has 0 aliphatic heterocycles. The molecule has 0 unspecified atom stereocenters. The largest absolute Gasteiger partial charge is 0.456 e. The van der Waals surface area contributed by atoms with Gasteiger partial charge in [0.25, 0.3) is 0 Å². The first kappa shape index (κ1) is 17.1. The first-order chi connectivity index (χ1) is 18.1. The van der Waals surface area contributed by atoms with Gasteiger partial charge < -0.3 is 4.42 Å². The molecule has 0 amide bonds. The monoisotopic (exact) mass is 450 g/mol. The smallest absolute Gasteiger partial charge is 0.213 e. The van der Waals surface area contributed by atoms with Crippen molar-refractivity contribution < 1.29 is 14.5 Å². The van der Waals surface area contributed by atoms with Gasteiger partial charge in [0.05, 0.1) is 0 Å². The van der Waals surface area contributed by atoms with Gasteiger partial charge in [-0.2, -0.15) is 0 Å². The van der Waals surface area contributed by atoms with Crippen LogP contribution in [0.25, 0.3) is 44.3 Å². The van der Waals surface area contributed by atoms with Crippen LogP contribution in [0.3, 0.4) is 0 Å². The second-order valence-electron chi connectivity index (χ2n) is 9.60. The molecule has 2 heteroatoms. The van der Waals surface area contributed by atoms with Crippen molar-refractivity contribution >= 4 is 21.9 Å². The maximum absolute atomic E-state index is 9.03. The average molecular weight is 451 g/mol. The number of aryl methyl sites for hydroxylation is 3. The van der Waals surface area contributed by atoms with E-state index in [1.54, 1.807) is 6.20 Å². The third kappa shape index (κ3) is 3.62. The third-order valence-electron chi connectivity index (χ3n) is 7.34. The number of pyridine rings is 1. The van der Waals surface area contributed by atoms with E-state index in [4.69, 9.17) is 9.90 Å². The summed E-state index contributed by atoms with van der Waals surface area (Å²) in [4.78, 5) is 0. The van der Waals surface area contributed by atoms with E-state index in [0.29, 0.717) is 11.1 Å². The van der Waals surface area contributed by atoms with Gasteiger partial charge in [-0.15, -0.1) is 0 Å². The molecule has 1 aliphatic carbocycles. The Balaban J connectivity index is 1.50. The molecular formula is C32H32NO+. The minimum Gasteiger partial charge on any atom is -0.456 e. The van der Waals surface area contributed by atoms with Gasteiger partial charge in [-0.1, -0.05) is 55.7 Å². The topological polar surface area (TPSA) is 17.0 Å². The van der Waals surface area contributed by atoms with Crippen LogP contribution in [0.15, 0.2) is 77.3 Å². The van der Waals surface area contributed by atoms with E-state index in [2.05, 4.69) is 31.2 Å². The fourth-order valence-corrected chi connectivity index (χ4v) is 5.45. The van der Waals surface area contributed by atoms with Crippen LogP contribution < -0.4 is 4.57 Å². The van der Waals surface area contributed by atoms with Crippen molar-refractivity contribution in [1.82, 2.24) is 0 Å². The number of hydrogen-bond acceptors (Lipinski definition) is 1. The molecule has 2 heterocycles. The Kier molecular flexibility index (Phi) is 4.24. The Hall–Kier alpha value is -3.39. The lowest BCUT2D eigenvalue weighted by molar-refractivity contribution is -0.660. The standard InChI is InChI=1S/C32H32NO/c1-21-9-7-8-12-26(21)30-19-29(22(2)20-33(30)3)25-14-16-28-27-15-13-24(23-10-5-4-6-11-23)17-31(27)34-32(28)18-25/h7-9,12-20,23H,4-6,10-11H2,1-3H3/q+1/i2D3,23D. The Labute approximate surface area is 207 Å². The minimum absolute atomic E-state index is 0.309. The van der Waals surface area contributed by atoms with Crippen LogP contribution >= 0.6 is 0 Å². The summed E-state index contributed by atoms with van der Waals surface area (Å²) in [6, 6.07) is 22.3. The summed E-state index contributed by atoms with van der Waals surface area (Å²) in [6.07, 6.45) is 6.89. The number of fused-ring (bicyclic) bond motifs is 3. The average Bonchev–Trinajstić information content (AvgIpc) is 3.26. The van der Waals surface area contributed by atoms with Crippen molar-refractivity contribution in [3.8, 4) is 22.4 Å². The maximum Gasteiger partial charge on any atom is 0.213 e. The SMILES string of the molecule is [2H]C([2H])([2H])c1c[n+](C)c(-c2ccccc2C)cc1-c1ccc2c(c1)oc1cc(C3([2H])CCCCC3)ccc12. The molecule has 3 aromatic carbocycles. The quantitative estimate of drug-likeness (QED) is 0.252. The van der Waals surface area contributed by atoms with Crippen molar-refractivity contribution in [3.63, 3.8) is 0 Å². The van der Waals surface area contributed by atoms with E-state index in [0.717, 1.165) is 75.6 Å². The number of aromatic nitrogens is 1. The zero-order valence-electron chi connectivity index (χ0n) is 23.8. The Bertz CT molecular complexity index is 1680. The number of hydrogen-bond donors (Lipinski definition) is 0. The molecule has 2 nitrogen and oxygen atoms in total. The number of benzene rings is 3. The van der Waals surface area contributed by atoms with E-state index >= 15 is 0 Å². The van der Waals surface area contributed by atoms with Crippen LogP contribution in [0.4, 0.5) is 0 Å². The van der Waals surface area contributed by atoms with E-state index in [-0.39, 0.29) is 0 Å². The summed E-state index contributed by atoms with van der Waals surface area (Å²) in [5.41, 5.74) is 7.47. The molecule has 0 radical (unpaired) electrons. The van der Waals surface area contributed by atoms with Gasteiger partial charge in [0.2, 0.25) is 5.69 Å². The van der Waals surface area contributed by atoms with Gasteiger partial charge in [0, 0.05) is 33.4 Å². The van der Waals surface area contributed by atoms with E-state index in [1.165, 1.54) is 6.42 Å². The summed E-state index contributed by atoms with van der Waals surface area (Å²) in [7, 11) is 1.90. The molecule has 1 fully saturated rings. The van der Waals surface area contributed by atoms with Gasteiger partial charge in [-0.3, -0.25) is 0 Å². The van der Waals surface area contributed by atoms with Crippen LogP contribution in [0, 0.1) is 13.8 Å². The zero-order valence-corrected chi connectivity index (χ0v) is 19.8. The highest BCUT2D eigenvalue weighted by Crippen LogP contribution is 2.38. The van der Waals surface area contributed by atoms with Gasteiger partial charge in [-0.25, -0.2) is 4.57 Å². The Morgan fingerprint density at radius 1 is 0.853 bits per heavy atom. The van der Waals surface area contributed by atoms with Gasteiger partial charge >= 0.3 is 0 Å². The molecule has 1 saturated carbocycles. The second-order valence-corrected chi connectivity index (χ2v) is 9.60. The molecule has 34 heavy (non-hydrogen) atoms. The van der Waals surface area contributed by atoms with Crippen molar-refractivity contribution in [2.45, 2.75) is 51.8 Å². The summed E-state index contributed by atoms with van der Waals surface area (Å²) >= 11 is 0. The molecule has 2 aromatic heterocycles.